The molecule has 2 N–H and O–H groups in total. The van der Waals surface area contributed by atoms with Crippen molar-refractivity contribution < 1.29 is 14.9 Å². The zero-order chi connectivity index (χ0) is 12.4. The molecule has 0 spiro atoms. The van der Waals surface area contributed by atoms with Crippen LogP contribution >= 0.6 is 0 Å². The molecule has 1 aliphatic heterocycles. The second-order valence-corrected chi connectivity index (χ2v) is 5.98. The molecule has 0 radical (unpaired) electrons. The molecule has 1 unspecified atom stereocenters. The molecule has 1 heterocycles. The smallest absolute Gasteiger partial charge is 0.0757 e. The van der Waals surface area contributed by atoms with Crippen molar-refractivity contribution in [1.29, 1.82) is 0 Å². The molecule has 1 atom stereocenters. The first kappa shape index (κ1) is 13.9. The van der Waals surface area contributed by atoms with Crippen LogP contribution in [0.25, 0.3) is 0 Å². The van der Waals surface area contributed by atoms with Crippen molar-refractivity contribution in [3.05, 3.63) is 0 Å². The van der Waals surface area contributed by atoms with E-state index in [4.69, 9.17) is 4.74 Å². The average molecular weight is 231 g/mol. The normalized spacial score (nSPS) is 27.0. The largest absolute Gasteiger partial charge is 0.396 e. The summed E-state index contributed by atoms with van der Waals surface area (Å²) < 4.78 is 5.82. The van der Waals surface area contributed by atoms with E-state index in [0.29, 0.717) is 6.54 Å². The van der Waals surface area contributed by atoms with Crippen LogP contribution < -0.4 is 0 Å². The van der Waals surface area contributed by atoms with Gasteiger partial charge in [0.2, 0.25) is 0 Å². The van der Waals surface area contributed by atoms with Crippen LogP contribution in [0.4, 0.5) is 0 Å². The van der Waals surface area contributed by atoms with Gasteiger partial charge in [0.1, 0.15) is 0 Å². The first-order valence-electron chi connectivity index (χ1n) is 5.92. The highest BCUT2D eigenvalue weighted by atomic mass is 16.5. The summed E-state index contributed by atoms with van der Waals surface area (Å²) >= 11 is 0. The number of hydrogen-bond donors (Lipinski definition) is 2. The quantitative estimate of drug-likeness (QED) is 0.739. The van der Waals surface area contributed by atoms with Crippen LogP contribution in [0, 0.1) is 5.41 Å². The molecule has 0 amide bonds. The number of morpholine rings is 1. The molecule has 0 aromatic heterocycles. The first-order valence-corrected chi connectivity index (χ1v) is 5.92. The monoisotopic (exact) mass is 231 g/mol. The molecule has 0 aromatic carbocycles. The Labute approximate surface area is 98.2 Å². The van der Waals surface area contributed by atoms with Gasteiger partial charge in [-0.2, -0.15) is 0 Å². The van der Waals surface area contributed by atoms with E-state index in [0.717, 1.165) is 13.1 Å². The molecule has 96 valence electrons. The van der Waals surface area contributed by atoms with E-state index in [2.05, 4.69) is 25.7 Å². The molecule has 1 fully saturated rings. The van der Waals surface area contributed by atoms with Gasteiger partial charge in [0.15, 0.2) is 0 Å². The van der Waals surface area contributed by atoms with Crippen LogP contribution in [-0.4, -0.2) is 59.7 Å². The highest BCUT2D eigenvalue weighted by Gasteiger charge is 2.35. The van der Waals surface area contributed by atoms with E-state index in [1.165, 1.54) is 0 Å². The topological polar surface area (TPSA) is 52.9 Å². The fourth-order valence-corrected chi connectivity index (χ4v) is 2.40. The highest BCUT2D eigenvalue weighted by Crippen LogP contribution is 2.24. The summed E-state index contributed by atoms with van der Waals surface area (Å²) in [7, 11) is 0. The predicted molar refractivity (Wildman–Crippen MR) is 63.3 cm³/mol. The summed E-state index contributed by atoms with van der Waals surface area (Å²) in [6, 6.07) is 0. The third kappa shape index (κ3) is 3.70. The highest BCUT2D eigenvalue weighted by molar-refractivity contribution is 4.86. The van der Waals surface area contributed by atoms with Gasteiger partial charge in [-0.3, -0.25) is 4.90 Å². The Balaban J connectivity index is 2.60. The minimum absolute atomic E-state index is 0.00959. The van der Waals surface area contributed by atoms with E-state index < -0.39 is 5.41 Å². The fraction of sp³-hybridized carbons (Fsp3) is 1.00. The van der Waals surface area contributed by atoms with E-state index >= 15 is 0 Å². The Hall–Kier alpha value is -0.160. The molecule has 1 aliphatic rings. The van der Waals surface area contributed by atoms with Gasteiger partial charge in [-0.15, -0.1) is 0 Å². The molecule has 1 saturated heterocycles. The Morgan fingerprint density at radius 2 is 1.94 bits per heavy atom. The second-order valence-electron chi connectivity index (χ2n) is 5.98. The van der Waals surface area contributed by atoms with Crippen molar-refractivity contribution in [2.45, 2.75) is 39.4 Å². The maximum absolute atomic E-state index is 9.29. The maximum atomic E-state index is 9.29. The summed E-state index contributed by atoms with van der Waals surface area (Å²) in [5, 5.41) is 18.6. The van der Waals surface area contributed by atoms with Crippen LogP contribution in [0.1, 0.15) is 27.7 Å². The Bertz CT molecular complexity index is 226. The van der Waals surface area contributed by atoms with Crippen LogP contribution in [-0.2, 0) is 4.74 Å². The minimum atomic E-state index is -0.423. The van der Waals surface area contributed by atoms with Crippen LogP contribution in [0.15, 0.2) is 0 Å². The van der Waals surface area contributed by atoms with Crippen molar-refractivity contribution in [3.8, 4) is 0 Å². The van der Waals surface area contributed by atoms with Gasteiger partial charge in [-0.1, -0.05) is 6.92 Å². The van der Waals surface area contributed by atoms with Crippen molar-refractivity contribution in [2.75, 3.05) is 32.8 Å². The van der Waals surface area contributed by atoms with Gasteiger partial charge < -0.3 is 14.9 Å². The number of aliphatic hydroxyl groups excluding tert-OH is 2. The lowest BCUT2D eigenvalue weighted by atomic mass is 9.91. The van der Waals surface area contributed by atoms with Gasteiger partial charge in [0.25, 0.3) is 0 Å². The zero-order valence-corrected chi connectivity index (χ0v) is 10.9. The minimum Gasteiger partial charge on any atom is -0.396 e. The van der Waals surface area contributed by atoms with Crippen LogP contribution in [0.5, 0.6) is 0 Å². The lowest BCUT2D eigenvalue weighted by Crippen LogP contribution is -2.55. The first-order chi connectivity index (χ1) is 7.30. The van der Waals surface area contributed by atoms with Crippen molar-refractivity contribution >= 4 is 0 Å². The second kappa shape index (κ2) is 5.00. The molecule has 16 heavy (non-hydrogen) atoms. The molecule has 1 rings (SSSR count). The number of nitrogens with zero attached hydrogens (tertiary/aromatic N) is 1. The third-order valence-electron chi connectivity index (χ3n) is 3.01. The van der Waals surface area contributed by atoms with Crippen LogP contribution in [0.3, 0.4) is 0 Å². The van der Waals surface area contributed by atoms with Gasteiger partial charge in [-0.25, -0.2) is 0 Å². The van der Waals surface area contributed by atoms with Crippen molar-refractivity contribution in [2.24, 2.45) is 5.41 Å². The van der Waals surface area contributed by atoms with Gasteiger partial charge >= 0.3 is 0 Å². The summed E-state index contributed by atoms with van der Waals surface area (Å²) in [5.41, 5.74) is -0.573. The molecular formula is C12H25NO3. The number of ether oxygens (including phenoxy) is 1. The molecule has 4 heteroatoms. The molecular weight excluding hydrogens is 206 g/mol. The average Bonchev–Trinajstić information content (AvgIpc) is 2.14. The van der Waals surface area contributed by atoms with Gasteiger partial charge in [0, 0.05) is 25.0 Å². The van der Waals surface area contributed by atoms with Crippen molar-refractivity contribution in [1.82, 2.24) is 4.90 Å². The molecule has 0 aliphatic carbocycles. The molecule has 0 aromatic rings. The number of aliphatic hydroxyl groups is 2. The Morgan fingerprint density at radius 1 is 1.38 bits per heavy atom. The SMILES string of the molecule is CC1CN(CC(C)(CO)CO)CC(C)(C)O1. The van der Waals surface area contributed by atoms with Crippen molar-refractivity contribution in [3.63, 3.8) is 0 Å². The lowest BCUT2D eigenvalue weighted by molar-refractivity contribution is -0.138. The van der Waals surface area contributed by atoms with E-state index in [1.54, 1.807) is 0 Å². The predicted octanol–water partition coefficient (Wildman–Crippen LogP) is 0.477. The van der Waals surface area contributed by atoms with E-state index in [-0.39, 0.29) is 24.9 Å². The van der Waals surface area contributed by atoms with Gasteiger partial charge in [-0.05, 0) is 20.8 Å². The summed E-state index contributed by atoms with van der Waals surface area (Å²) in [4.78, 5) is 2.26. The number of hydrogen-bond acceptors (Lipinski definition) is 4. The van der Waals surface area contributed by atoms with E-state index in [9.17, 15) is 10.2 Å². The standard InChI is InChI=1S/C12H25NO3/c1-10-5-13(6-11(2,3)16-10)7-12(4,8-14)9-15/h10,14-15H,5-9H2,1-4H3. The Kier molecular flexibility index (Phi) is 4.35. The lowest BCUT2D eigenvalue weighted by Gasteiger charge is -2.44. The Morgan fingerprint density at radius 3 is 2.38 bits per heavy atom. The van der Waals surface area contributed by atoms with Crippen LogP contribution in [0.2, 0.25) is 0 Å². The molecule has 0 bridgehead atoms. The molecule has 4 nitrogen and oxygen atoms in total. The third-order valence-corrected chi connectivity index (χ3v) is 3.01. The molecule has 0 saturated carbocycles. The van der Waals surface area contributed by atoms with Gasteiger partial charge in [0.05, 0.1) is 24.9 Å². The fourth-order valence-electron chi connectivity index (χ4n) is 2.40. The zero-order valence-electron chi connectivity index (χ0n) is 10.9. The number of rotatable bonds is 4. The summed E-state index contributed by atoms with van der Waals surface area (Å²) in [6.45, 7) is 10.5. The summed E-state index contributed by atoms with van der Waals surface area (Å²) in [5.74, 6) is 0. The van der Waals surface area contributed by atoms with E-state index in [1.807, 2.05) is 6.92 Å². The summed E-state index contributed by atoms with van der Waals surface area (Å²) in [6.07, 6.45) is 0.199. The maximum Gasteiger partial charge on any atom is 0.0757 e.